The van der Waals surface area contributed by atoms with E-state index in [-0.39, 0.29) is 5.56 Å². The largest absolute Gasteiger partial charge is 0.294 e. The number of hydrogen-bond acceptors (Lipinski definition) is 4. The Balaban J connectivity index is 2.87. The van der Waals surface area contributed by atoms with Crippen LogP contribution in [0.1, 0.15) is 5.56 Å². The summed E-state index contributed by atoms with van der Waals surface area (Å²) in [6.45, 7) is 0. The van der Waals surface area contributed by atoms with Crippen molar-refractivity contribution < 1.29 is 25.8 Å². The highest BCUT2D eigenvalue weighted by molar-refractivity contribution is 7.91. The first-order valence-electron chi connectivity index (χ1n) is 5.80. The molecule has 2 rings (SSSR count). The van der Waals surface area contributed by atoms with Gasteiger partial charge in [-0.15, -0.1) is 0 Å². The fourth-order valence-corrected chi connectivity index (χ4v) is 4.93. The predicted octanol–water partition coefficient (Wildman–Crippen LogP) is 1.42. The van der Waals surface area contributed by atoms with E-state index in [2.05, 4.69) is 0 Å². The predicted molar refractivity (Wildman–Crippen MR) is 79.7 cm³/mol. The lowest BCUT2D eigenvalue weighted by molar-refractivity contribution is 0.225. The molecule has 2 atom stereocenters. The number of benzene rings is 1. The average Bonchev–Trinajstić information content (AvgIpc) is 2.36. The summed E-state index contributed by atoms with van der Waals surface area (Å²) in [7, 11) is -9.65. The highest BCUT2D eigenvalue weighted by atomic mass is 35.5. The third-order valence-corrected chi connectivity index (χ3v) is 5.86. The van der Waals surface area contributed by atoms with Gasteiger partial charge in [-0.05, 0) is 17.7 Å². The van der Waals surface area contributed by atoms with Crippen LogP contribution in [-0.4, -0.2) is 26.6 Å². The zero-order chi connectivity index (χ0) is 16.8. The van der Waals surface area contributed by atoms with Crippen LogP contribution in [0.3, 0.4) is 0 Å². The van der Waals surface area contributed by atoms with Crippen molar-refractivity contribution in [2.24, 2.45) is 5.14 Å². The summed E-state index contributed by atoms with van der Waals surface area (Å²) >= 11 is 5.76. The van der Waals surface area contributed by atoms with Crippen molar-refractivity contribution in [1.29, 1.82) is 0 Å². The first kappa shape index (κ1) is 17.1. The number of nitrogens with two attached hydrogens (primary N) is 1. The van der Waals surface area contributed by atoms with Crippen molar-refractivity contribution in [3.8, 4) is 0 Å². The van der Waals surface area contributed by atoms with Crippen LogP contribution in [0.2, 0.25) is 0 Å². The van der Waals surface area contributed by atoms with Crippen LogP contribution in [0.25, 0.3) is 0 Å². The molecule has 22 heavy (non-hydrogen) atoms. The Bertz CT molecular complexity index is 864. The number of sulfonamides is 1. The molecule has 3 N–H and O–H groups in total. The Morgan fingerprint density at radius 3 is 2.14 bits per heavy atom. The van der Waals surface area contributed by atoms with Gasteiger partial charge in [0.25, 0.3) is 10.1 Å². The van der Waals surface area contributed by atoms with E-state index < -0.39 is 41.0 Å². The molecule has 0 radical (unpaired) electrons. The Morgan fingerprint density at radius 2 is 1.68 bits per heavy atom. The van der Waals surface area contributed by atoms with E-state index in [9.17, 15) is 21.4 Å². The number of halogens is 2. The van der Waals surface area contributed by atoms with Crippen molar-refractivity contribution in [2.45, 2.75) is 10.9 Å². The van der Waals surface area contributed by atoms with Crippen molar-refractivity contribution in [3.63, 3.8) is 0 Å². The molecule has 1 aliphatic rings. The molecule has 10 heteroatoms. The molecule has 0 amide bonds. The standard InChI is InChI=1S/C12H11ClFNO5S2/c13-9-6-7-10(22(18,19)20)12(14,11(9)21(15,16)17)8-4-2-1-3-5-8/h1-7,11H,(H2,15,16,17)(H,18,19,20). The second kappa shape index (κ2) is 5.43. The van der Waals surface area contributed by atoms with E-state index >= 15 is 4.39 Å². The minimum Gasteiger partial charge on any atom is -0.282 e. The molecular formula is C12H11ClFNO5S2. The fourth-order valence-electron chi connectivity index (χ4n) is 2.31. The van der Waals surface area contributed by atoms with Gasteiger partial charge in [0.15, 0.2) is 10.9 Å². The van der Waals surface area contributed by atoms with E-state index in [1.165, 1.54) is 30.3 Å². The Hall–Kier alpha value is -1.26. The van der Waals surface area contributed by atoms with E-state index in [0.29, 0.717) is 6.08 Å². The van der Waals surface area contributed by atoms with Gasteiger partial charge in [-0.25, -0.2) is 17.9 Å². The van der Waals surface area contributed by atoms with Crippen LogP contribution in [0.15, 0.2) is 52.4 Å². The molecule has 6 nitrogen and oxygen atoms in total. The van der Waals surface area contributed by atoms with E-state index in [1.807, 2.05) is 0 Å². The third kappa shape index (κ3) is 2.82. The molecule has 0 bridgehead atoms. The highest BCUT2D eigenvalue weighted by Crippen LogP contribution is 2.47. The molecule has 0 saturated carbocycles. The Morgan fingerprint density at radius 1 is 1.14 bits per heavy atom. The van der Waals surface area contributed by atoms with Gasteiger partial charge in [-0.1, -0.05) is 41.9 Å². The molecule has 0 fully saturated rings. The zero-order valence-corrected chi connectivity index (χ0v) is 13.2. The van der Waals surface area contributed by atoms with E-state index in [0.717, 1.165) is 6.08 Å². The maximum Gasteiger partial charge on any atom is 0.294 e. The quantitative estimate of drug-likeness (QED) is 0.784. The second-order valence-electron chi connectivity index (χ2n) is 4.60. The molecule has 0 spiro atoms. The minimum absolute atomic E-state index is 0.316. The summed E-state index contributed by atoms with van der Waals surface area (Å²) in [5, 5.41) is 2.33. The van der Waals surface area contributed by atoms with Crippen LogP contribution in [0.5, 0.6) is 0 Å². The lowest BCUT2D eigenvalue weighted by Crippen LogP contribution is -2.48. The Labute approximate surface area is 131 Å². The monoisotopic (exact) mass is 367 g/mol. The molecule has 1 aromatic carbocycles. The lowest BCUT2D eigenvalue weighted by Gasteiger charge is -2.35. The second-order valence-corrected chi connectivity index (χ2v) is 8.08. The van der Waals surface area contributed by atoms with Gasteiger partial charge in [0, 0.05) is 5.03 Å². The SMILES string of the molecule is NS(=O)(=O)C1C(Cl)=CC=C(S(=O)(=O)O)C1(F)c1ccccc1. The number of rotatable bonds is 3. The molecule has 1 aliphatic carbocycles. The summed E-state index contributed by atoms with van der Waals surface area (Å²) in [4.78, 5) is -1.14. The van der Waals surface area contributed by atoms with Gasteiger partial charge in [-0.3, -0.25) is 4.55 Å². The molecule has 0 saturated heterocycles. The summed E-state index contributed by atoms with van der Waals surface area (Å²) in [5.74, 6) is 0. The third-order valence-electron chi connectivity index (χ3n) is 3.16. The van der Waals surface area contributed by atoms with Gasteiger partial charge < -0.3 is 0 Å². The van der Waals surface area contributed by atoms with Crippen LogP contribution in [0.4, 0.5) is 4.39 Å². The van der Waals surface area contributed by atoms with Crippen molar-refractivity contribution >= 4 is 31.7 Å². The smallest absolute Gasteiger partial charge is 0.282 e. The number of hydrogen-bond donors (Lipinski definition) is 2. The van der Waals surface area contributed by atoms with E-state index in [1.54, 1.807) is 0 Å². The molecule has 0 aromatic heterocycles. The molecule has 2 unspecified atom stereocenters. The summed E-state index contributed by atoms with van der Waals surface area (Å²) < 4.78 is 71.5. The van der Waals surface area contributed by atoms with E-state index in [4.69, 9.17) is 16.7 Å². The number of allylic oxidation sites excluding steroid dienone is 3. The normalized spacial score (nSPS) is 26.3. The molecule has 0 aliphatic heterocycles. The van der Waals surface area contributed by atoms with Crippen molar-refractivity contribution in [1.82, 2.24) is 0 Å². The molecule has 0 heterocycles. The average molecular weight is 368 g/mol. The molecular weight excluding hydrogens is 357 g/mol. The van der Waals surface area contributed by atoms with Crippen molar-refractivity contribution in [2.75, 3.05) is 0 Å². The van der Waals surface area contributed by atoms with Crippen LogP contribution >= 0.6 is 11.6 Å². The summed E-state index contributed by atoms with van der Waals surface area (Å²) in [5.41, 5.74) is -3.46. The number of alkyl halides is 1. The van der Waals surface area contributed by atoms with Gasteiger partial charge in [0.05, 0.1) is 0 Å². The molecule has 120 valence electrons. The van der Waals surface area contributed by atoms with Crippen molar-refractivity contribution in [3.05, 3.63) is 58.0 Å². The zero-order valence-electron chi connectivity index (χ0n) is 10.8. The summed E-state index contributed by atoms with van der Waals surface area (Å²) in [6, 6.07) is 6.63. The fraction of sp³-hybridized carbons (Fsp3) is 0.167. The van der Waals surface area contributed by atoms with Crippen LogP contribution in [-0.2, 0) is 25.8 Å². The number of primary sulfonamides is 1. The van der Waals surface area contributed by atoms with Crippen LogP contribution in [0, 0.1) is 0 Å². The maximum absolute atomic E-state index is 15.7. The first-order valence-corrected chi connectivity index (χ1v) is 9.23. The van der Waals surface area contributed by atoms with Gasteiger partial charge in [0.2, 0.25) is 10.0 Å². The first-order chi connectivity index (χ1) is 9.99. The minimum atomic E-state index is -5.04. The Kier molecular flexibility index (Phi) is 4.22. The lowest BCUT2D eigenvalue weighted by atomic mass is 9.88. The van der Waals surface area contributed by atoms with Gasteiger partial charge in [0.1, 0.15) is 4.91 Å². The highest BCUT2D eigenvalue weighted by Gasteiger charge is 2.56. The maximum atomic E-state index is 15.7. The topological polar surface area (TPSA) is 115 Å². The summed E-state index contributed by atoms with van der Waals surface area (Å²) in [6.07, 6.45) is 1.59. The van der Waals surface area contributed by atoms with Crippen LogP contribution < -0.4 is 5.14 Å². The van der Waals surface area contributed by atoms with Gasteiger partial charge in [-0.2, -0.15) is 8.42 Å². The molecule has 1 aromatic rings. The van der Waals surface area contributed by atoms with Gasteiger partial charge >= 0.3 is 0 Å².